The van der Waals surface area contributed by atoms with Gasteiger partial charge in [0.05, 0.1) is 6.73 Å². The van der Waals surface area contributed by atoms with E-state index >= 15 is 0 Å². The first kappa shape index (κ1) is 9.92. The summed E-state index contributed by atoms with van der Waals surface area (Å²) >= 11 is 0. The van der Waals surface area contributed by atoms with Crippen molar-refractivity contribution < 1.29 is 5.11 Å². The number of unbranched alkanes of at least 4 members (excludes halogenated alkanes) is 1. The molecular weight excluding hydrogens is 126 g/mol. The van der Waals surface area contributed by atoms with Crippen LogP contribution >= 0.6 is 0 Å². The van der Waals surface area contributed by atoms with Gasteiger partial charge >= 0.3 is 0 Å². The molecule has 62 valence electrons. The maximum Gasteiger partial charge on any atom is 0.0956 e. The SMILES string of the molecule is CCCCN(CO)CCC. The Morgan fingerprint density at radius 1 is 1.10 bits per heavy atom. The van der Waals surface area contributed by atoms with Gasteiger partial charge < -0.3 is 5.11 Å². The van der Waals surface area contributed by atoms with E-state index in [4.69, 9.17) is 5.11 Å². The summed E-state index contributed by atoms with van der Waals surface area (Å²) in [6.45, 7) is 6.58. The van der Waals surface area contributed by atoms with Crippen molar-refractivity contribution in [1.82, 2.24) is 4.90 Å². The molecule has 10 heavy (non-hydrogen) atoms. The average Bonchev–Trinajstić information content (AvgIpc) is 1.98. The molecule has 0 rings (SSSR count). The van der Waals surface area contributed by atoms with Gasteiger partial charge in [0, 0.05) is 13.1 Å². The lowest BCUT2D eigenvalue weighted by Gasteiger charge is -2.17. The van der Waals surface area contributed by atoms with E-state index in [1.807, 2.05) is 0 Å². The summed E-state index contributed by atoms with van der Waals surface area (Å²) < 4.78 is 0. The predicted molar refractivity (Wildman–Crippen MR) is 43.9 cm³/mol. The molecule has 0 aliphatic carbocycles. The van der Waals surface area contributed by atoms with Crippen LogP contribution in [0.3, 0.4) is 0 Å². The number of hydrogen-bond acceptors (Lipinski definition) is 2. The molecule has 0 amide bonds. The zero-order valence-corrected chi connectivity index (χ0v) is 7.14. The smallest absolute Gasteiger partial charge is 0.0956 e. The average molecular weight is 145 g/mol. The Balaban J connectivity index is 3.21. The summed E-state index contributed by atoms with van der Waals surface area (Å²) in [5.74, 6) is 0. The first-order valence-electron chi connectivity index (χ1n) is 4.18. The van der Waals surface area contributed by atoms with E-state index in [1.54, 1.807) is 0 Å². The molecule has 0 bridgehead atoms. The number of aliphatic hydroxyl groups is 1. The minimum absolute atomic E-state index is 0.216. The van der Waals surface area contributed by atoms with Crippen molar-refractivity contribution in [3.63, 3.8) is 0 Å². The van der Waals surface area contributed by atoms with Crippen molar-refractivity contribution in [2.75, 3.05) is 19.8 Å². The summed E-state index contributed by atoms with van der Waals surface area (Å²) in [6, 6.07) is 0. The summed E-state index contributed by atoms with van der Waals surface area (Å²) in [5, 5.41) is 8.81. The van der Waals surface area contributed by atoms with Crippen LogP contribution in [0.4, 0.5) is 0 Å². The Bertz CT molecular complexity index is 66.3. The van der Waals surface area contributed by atoms with Crippen LogP contribution in [0.15, 0.2) is 0 Å². The van der Waals surface area contributed by atoms with Crippen LogP contribution in [0, 0.1) is 0 Å². The van der Waals surface area contributed by atoms with Crippen molar-refractivity contribution in [1.29, 1.82) is 0 Å². The molecule has 0 aliphatic heterocycles. The van der Waals surface area contributed by atoms with Crippen LogP contribution in [-0.4, -0.2) is 29.8 Å². The molecule has 0 atom stereocenters. The highest BCUT2D eigenvalue weighted by Crippen LogP contribution is 1.94. The van der Waals surface area contributed by atoms with E-state index in [2.05, 4.69) is 18.7 Å². The van der Waals surface area contributed by atoms with E-state index in [0.29, 0.717) is 0 Å². The highest BCUT2D eigenvalue weighted by Gasteiger charge is 1.98. The minimum atomic E-state index is 0.216. The van der Waals surface area contributed by atoms with Gasteiger partial charge in [0.1, 0.15) is 0 Å². The zero-order chi connectivity index (χ0) is 7.82. The van der Waals surface area contributed by atoms with Gasteiger partial charge in [-0.1, -0.05) is 20.3 Å². The van der Waals surface area contributed by atoms with Gasteiger partial charge in [-0.2, -0.15) is 0 Å². The normalized spacial score (nSPS) is 10.8. The van der Waals surface area contributed by atoms with Crippen LogP contribution in [0.25, 0.3) is 0 Å². The number of rotatable bonds is 6. The van der Waals surface area contributed by atoms with Crippen LogP contribution in [0.2, 0.25) is 0 Å². The summed E-state index contributed by atoms with van der Waals surface area (Å²) in [6.07, 6.45) is 3.53. The third-order valence-electron chi connectivity index (χ3n) is 1.57. The third-order valence-corrected chi connectivity index (χ3v) is 1.57. The van der Waals surface area contributed by atoms with Gasteiger partial charge in [0.25, 0.3) is 0 Å². The standard InChI is InChI=1S/C8H19NO/c1-3-5-7-9(8-10)6-4-2/h10H,3-8H2,1-2H3. The van der Waals surface area contributed by atoms with Crippen LogP contribution in [-0.2, 0) is 0 Å². The van der Waals surface area contributed by atoms with E-state index in [0.717, 1.165) is 19.5 Å². The lowest BCUT2D eigenvalue weighted by molar-refractivity contribution is 0.106. The molecule has 0 spiro atoms. The van der Waals surface area contributed by atoms with Gasteiger partial charge in [-0.3, -0.25) is 4.90 Å². The molecule has 0 aromatic carbocycles. The molecule has 0 unspecified atom stereocenters. The quantitative estimate of drug-likeness (QED) is 0.572. The summed E-state index contributed by atoms with van der Waals surface area (Å²) in [4.78, 5) is 2.07. The molecule has 0 aromatic heterocycles. The van der Waals surface area contributed by atoms with Crippen molar-refractivity contribution in [2.24, 2.45) is 0 Å². The van der Waals surface area contributed by atoms with Crippen molar-refractivity contribution in [2.45, 2.75) is 33.1 Å². The largest absolute Gasteiger partial charge is 0.381 e. The molecule has 0 fully saturated rings. The second-order valence-electron chi connectivity index (χ2n) is 2.61. The molecule has 0 saturated carbocycles. The van der Waals surface area contributed by atoms with E-state index in [-0.39, 0.29) is 6.73 Å². The first-order chi connectivity index (χ1) is 4.85. The molecule has 0 aromatic rings. The van der Waals surface area contributed by atoms with Gasteiger partial charge in [0.2, 0.25) is 0 Å². The number of nitrogens with zero attached hydrogens (tertiary/aromatic N) is 1. The van der Waals surface area contributed by atoms with Crippen molar-refractivity contribution >= 4 is 0 Å². The Morgan fingerprint density at radius 2 is 1.80 bits per heavy atom. The second kappa shape index (κ2) is 7.03. The first-order valence-corrected chi connectivity index (χ1v) is 4.18. The maximum atomic E-state index is 8.81. The van der Waals surface area contributed by atoms with E-state index < -0.39 is 0 Å². The monoisotopic (exact) mass is 145 g/mol. The Kier molecular flexibility index (Phi) is 6.98. The number of aliphatic hydroxyl groups excluding tert-OH is 1. The maximum absolute atomic E-state index is 8.81. The van der Waals surface area contributed by atoms with Gasteiger partial charge in [-0.25, -0.2) is 0 Å². The molecule has 0 radical (unpaired) electrons. The van der Waals surface area contributed by atoms with Crippen molar-refractivity contribution in [3.05, 3.63) is 0 Å². The highest BCUT2D eigenvalue weighted by molar-refractivity contribution is 4.49. The van der Waals surface area contributed by atoms with Crippen molar-refractivity contribution in [3.8, 4) is 0 Å². The summed E-state index contributed by atoms with van der Waals surface area (Å²) in [7, 11) is 0. The minimum Gasteiger partial charge on any atom is -0.381 e. The molecule has 2 nitrogen and oxygen atoms in total. The van der Waals surface area contributed by atoms with Gasteiger partial charge in [-0.05, 0) is 12.8 Å². The second-order valence-corrected chi connectivity index (χ2v) is 2.61. The van der Waals surface area contributed by atoms with E-state index in [9.17, 15) is 0 Å². The lowest BCUT2D eigenvalue weighted by Crippen LogP contribution is -2.26. The van der Waals surface area contributed by atoms with Gasteiger partial charge in [-0.15, -0.1) is 0 Å². The van der Waals surface area contributed by atoms with Crippen LogP contribution in [0.1, 0.15) is 33.1 Å². The highest BCUT2D eigenvalue weighted by atomic mass is 16.3. The lowest BCUT2D eigenvalue weighted by atomic mass is 10.3. The Hall–Kier alpha value is -0.0800. The Morgan fingerprint density at radius 3 is 2.20 bits per heavy atom. The van der Waals surface area contributed by atoms with Gasteiger partial charge in [0.15, 0.2) is 0 Å². The molecule has 0 saturated heterocycles. The third kappa shape index (κ3) is 4.77. The Labute approximate surface area is 63.8 Å². The van der Waals surface area contributed by atoms with E-state index in [1.165, 1.54) is 12.8 Å². The molecule has 2 heteroatoms. The molecule has 0 aliphatic rings. The zero-order valence-electron chi connectivity index (χ0n) is 7.14. The molecular formula is C8H19NO. The fourth-order valence-electron chi connectivity index (χ4n) is 0.951. The number of hydrogen-bond donors (Lipinski definition) is 1. The van der Waals surface area contributed by atoms with Crippen LogP contribution in [0.5, 0.6) is 0 Å². The molecule has 1 N–H and O–H groups in total. The summed E-state index contributed by atoms with van der Waals surface area (Å²) in [5.41, 5.74) is 0. The fourth-order valence-corrected chi connectivity index (χ4v) is 0.951. The van der Waals surface area contributed by atoms with Crippen LogP contribution < -0.4 is 0 Å². The fraction of sp³-hybridized carbons (Fsp3) is 1.00. The topological polar surface area (TPSA) is 23.5 Å². The molecule has 0 heterocycles. The predicted octanol–water partition coefficient (Wildman–Crippen LogP) is 1.45.